The van der Waals surface area contributed by atoms with Crippen LogP contribution in [0.3, 0.4) is 0 Å². The quantitative estimate of drug-likeness (QED) is 0.550. The number of hydrogen-bond acceptors (Lipinski definition) is 3. The molecule has 0 aromatic heterocycles. The highest BCUT2D eigenvalue weighted by atomic mass is 15.2. The molecule has 1 saturated heterocycles. The number of nitrogens with one attached hydrogen (secondary N) is 1. The van der Waals surface area contributed by atoms with Gasteiger partial charge in [-0.2, -0.15) is 0 Å². The van der Waals surface area contributed by atoms with Crippen LogP contribution < -0.4 is 5.32 Å². The van der Waals surface area contributed by atoms with E-state index >= 15 is 0 Å². The van der Waals surface area contributed by atoms with Gasteiger partial charge >= 0.3 is 0 Å². The molecule has 0 bridgehead atoms. The Hall–Kier alpha value is -1.58. The van der Waals surface area contributed by atoms with E-state index in [9.17, 15) is 0 Å². The van der Waals surface area contributed by atoms with Gasteiger partial charge in [0.1, 0.15) is 0 Å². The lowest BCUT2D eigenvalue weighted by molar-refractivity contribution is 0.134. The molecule has 0 saturated carbocycles. The third-order valence-corrected chi connectivity index (χ3v) is 8.47. The summed E-state index contributed by atoms with van der Waals surface area (Å²) in [5.74, 6) is 2.60. The zero-order valence-corrected chi connectivity index (χ0v) is 22.0. The van der Waals surface area contributed by atoms with Gasteiger partial charge in [-0.15, -0.1) is 0 Å². The summed E-state index contributed by atoms with van der Waals surface area (Å²) >= 11 is 0. The fraction of sp³-hybridized carbons (Fsp3) is 0.667. The maximum absolute atomic E-state index is 4.03. The molecular weight excluding hydrogens is 402 g/mol. The molecule has 4 rings (SSSR count). The summed E-state index contributed by atoms with van der Waals surface area (Å²) in [6, 6.07) is 7.71. The molecule has 3 aliphatic rings. The monoisotopic (exact) mass is 449 g/mol. The van der Waals surface area contributed by atoms with E-state index in [1.54, 1.807) is 0 Å². The zero-order valence-electron chi connectivity index (χ0n) is 22.0. The molecule has 1 fully saturated rings. The molecule has 1 unspecified atom stereocenters. The van der Waals surface area contributed by atoms with E-state index in [1.807, 2.05) is 0 Å². The molecule has 1 aromatic carbocycles. The Morgan fingerprint density at radius 1 is 1.09 bits per heavy atom. The Balaban J connectivity index is 1.49. The molecule has 1 aliphatic carbocycles. The van der Waals surface area contributed by atoms with Gasteiger partial charge in [0.15, 0.2) is 0 Å². The Morgan fingerprint density at radius 2 is 1.85 bits per heavy atom. The molecule has 0 radical (unpaired) electrons. The molecule has 2 aliphatic heterocycles. The van der Waals surface area contributed by atoms with Gasteiger partial charge in [-0.3, -0.25) is 0 Å². The van der Waals surface area contributed by atoms with Crippen molar-refractivity contribution in [2.24, 2.45) is 17.8 Å². The summed E-state index contributed by atoms with van der Waals surface area (Å²) in [7, 11) is 2.25. The average Bonchev–Trinajstić information content (AvgIpc) is 2.79. The molecule has 1 aromatic rings. The van der Waals surface area contributed by atoms with Gasteiger partial charge in [-0.1, -0.05) is 71.1 Å². The van der Waals surface area contributed by atoms with Crippen LogP contribution in [0.1, 0.15) is 70.9 Å². The van der Waals surface area contributed by atoms with Gasteiger partial charge < -0.3 is 15.1 Å². The van der Waals surface area contributed by atoms with Crippen molar-refractivity contribution in [3.63, 3.8) is 0 Å². The molecule has 3 nitrogen and oxygen atoms in total. The van der Waals surface area contributed by atoms with E-state index in [1.165, 1.54) is 62.4 Å². The van der Waals surface area contributed by atoms with Gasteiger partial charge in [0.2, 0.25) is 0 Å². The summed E-state index contributed by atoms with van der Waals surface area (Å²) in [5, 5.41) is 4.03. The SMILES string of the molecule is C[C@@H](CC[C@@H]1[C@H](C)c2cc(C(C)(C)C)ccc2N[C@@H]1C1C=CC=CC1)CN1CCN(C)CC1. The van der Waals surface area contributed by atoms with Crippen LogP contribution in [0.15, 0.2) is 42.5 Å². The minimum absolute atomic E-state index is 0.190. The van der Waals surface area contributed by atoms with Gasteiger partial charge in [-0.25, -0.2) is 0 Å². The van der Waals surface area contributed by atoms with Crippen molar-refractivity contribution < 1.29 is 0 Å². The first-order valence-corrected chi connectivity index (χ1v) is 13.4. The Bertz CT molecular complexity index is 841. The number of piperazine rings is 1. The van der Waals surface area contributed by atoms with Crippen LogP contribution in [0.5, 0.6) is 0 Å². The molecule has 0 spiro atoms. The number of anilines is 1. The Morgan fingerprint density at radius 3 is 2.52 bits per heavy atom. The van der Waals surface area contributed by atoms with E-state index in [2.05, 4.69) is 99.3 Å². The molecule has 33 heavy (non-hydrogen) atoms. The molecule has 3 heteroatoms. The van der Waals surface area contributed by atoms with Crippen LogP contribution in [0.25, 0.3) is 0 Å². The van der Waals surface area contributed by atoms with Gasteiger partial charge in [0.05, 0.1) is 0 Å². The summed E-state index contributed by atoms with van der Waals surface area (Å²) < 4.78 is 0. The normalized spacial score (nSPS) is 29.5. The molecule has 0 amide bonds. The summed E-state index contributed by atoms with van der Waals surface area (Å²) in [5.41, 5.74) is 4.54. The van der Waals surface area contributed by atoms with Crippen molar-refractivity contribution in [1.82, 2.24) is 9.80 Å². The maximum Gasteiger partial charge on any atom is 0.0378 e. The number of rotatable bonds is 6. The fourth-order valence-corrected chi connectivity index (χ4v) is 6.13. The molecule has 182 valence electrons. The lowest BCUT2D eigenvalue weighted by Crippen LogP contribution is -2.46. The van der Waals surface area contributed by atoms with Crippen LogP contribution in [-0.4, -0.2) is 55.6 Å². The number of likely N-dealkylation sites (N-methyl/N-ethyl adjacent to an activating group) is 1. The first-order chi connectivity index (χ1) is 15.7. The zero-order chi connectivity index (χ0) is 23.6. The lowest BCUT2D eigenvalue weighted by atomic mass is 9.69. The summed E-state index contributed by atoms with van der Waals surface area (Å²) in [6.07, 6.45) is 13.0. The summed E-state index contributed by atoms with van der Waals surface area (Å²) in [6.45, 7) is 18.1. The van der Waals surface area contributed by atoms with Crippen LogP contribution in [0.2, 0.25) is 0 Å². The minimum atomic E-state index is 0.190. The topological polar surface area (TPSA) is 18.5 Å². The average molecular weight is 450 g/mol. The predicted octanol–water partition coefficient (Wildman–Crippen LogP) is 6.29. The maximum atomic E-state index is 4.03. The van der Waals surface area contributed by atoms with Gasteiger partial charge in [-0.05, 0) is 66.7 Å². The van der Waals surface area contributed by atoms with Gasteiger partial charge in [0.25, 0.3) is 0 Å². The molecular formula is C30H47N3. The second-order valence-corrected chi connectivity index (χ2v) is 12.2. The highest BCUT2D eigenvalue weighted by Gasteiger charge is 2.38. The molecule has 1 N–H and O–H groups in total. The smallest absolute Gasteiger partial charge is 0.0378 e. The number of fused-ring (bicyclic) bond motifs is 1. The first kappa shape index (κ1) is 24.5. The van der Waals surface area contributed by atoms with Crippen LogP contribution in [0, 0.1) is 17.8 Å². The molecule has 5 atom stereocenters. The van der Waals surface area contributed by atoms with E-state index in [0.29, 0.717) is 23.8 Å². The number of benzene rings is 1. The van der Waals surface area contributed by atoms with Crippen LogP contribution in [-0.2, 0) is 5.41 Å². The third-order valence-electron chi connectivity index (χ3n) is 8.47. The molecule has 2 heterocycles. The number of hydrogen-bond donors (Lipinski definition) is 1. The number of allylic oxidation sites excluding steroid dienone is 3. The minimum Gasteiger partial charge on any atom is -0.381 e. The van der Waals surface area contributed by atoms with Crippen molar-refractivity contribution in [1.29, 1.82) is 0 Å². The fourth-order valence-electron chi connectivity index (χ4n) is 6.13. The van der Waals surface area contributed by atoms with Crippen molar-refractivity contribution in [2.75, 3.05) is 45.1 Å². The van der Waals surface area contributed by atoms with E-state index in [0.717, 1.165) is 12.3 Å². The first-order valence-electron chi connectivity index (χ1n) is 13.4. The Labute approximate surface area is 203 Å². The van der Waals surface area contributed by atoms with Crippen molar-refractivity contribution in [3.05, 3.63) is 53.6 Å². The van der Waals surface area contributed by atoms with Gasteiger partial charge in [0, 0.05) is 50.4 Å². The van der Waals surface area contributed by atoms with Crippen LogP contribution in [0.4, 0.5) is 5.69 Å². The summed E-state index contributed by atoms with van der Waals surface area (Å²) in [4.78, 5) is 5.14. The third kappa shape index (κ3) is 5.92. The second kappa shape index (κ2) is 10.4. The van der Waals surface area contributed by atoms with E-state index in [-0.39, 0.29) is 5.41 Å². The highest BCUT2D eigenvalue weighted by Crippen LogP contribution is 2.45. The Kier molecular flexibility index (Phi) is 7.70. The standard InChI is InChI=1S/C30H47N3/c1-22(21-33-18-16-32(6)17-19-33)12-14-26-23(2)27-20-25(30(3,4)5)13-15-28(27)31-29(26)24-10-8-7-9-11-24/h7-10,13,15,20,22-24,26,29,31H,11-12,14,16-19,21H2,1-6H3/t22-,23-,24?,26+,29+/m0/s1. The highest BCUT2D eigenvalue weighted by molar-refractivity contribution is 5.58. The van der Waals surface area contributed by atoms with Crippen molar-refractivity contribution in [2.45, 2.75) is 71.3 Å². The number of nitrogens with zero attached hydrogens (tertiary/aromatic N) is 2. The van der Waals surface area contributed by atoms with E-state index in [4.69, 9.17) is 0 Å². The van der Waals surface area contributed by atoms with Crippen molar-refractivity contribution >= 4 is 5.69 Å². The lowest BCUT2D eigenvalue weighted by Gasteiger charge is -2.44. The largest absolute Gasteiger partial charge is 0.381 e. The van der Waals surface area contributed by atoms with Crippen LogP contribution >= 0.6 is 0 Å². The predicted molar refractivity (Wildman–Crippen MR) is 143 cm³/mol. The van der Waals surface area contributed by atoms with E-state index < -0.39 is 0 Å². The second-order valence-electron chi connectivity index (χ2n) is 12.2. The van der Waals surface area contributed by atoms with Crippen molar-refractivity contribution in [3.8, 4) is 0 Å².